The van der Waals surface area contributed by atoms with Crippen LogP contribution in [-0.4, -0.2) is 36.3 Å². The molecule has 1 aromatic rings. The molecule has 2 aliphatic heterocycles. The van der Waals surface area contributed by atoms with E-state index < -0.39 is 4.65 Å². The van der Waals surface area contributed by atoms with Crippen LogP contribution >= 0.6 is 27.7 Å². The largest absolute Gasteiger partial charge is 0.625 e. The Kier molecular flexibility index (Phi) is 3.45. The molecule has 1 atom stereocenters. The summed E-state index contributed by atoms with van der Waals surface area (Å²) in [5.41, 5.74) is 1.57. The second-order valence-electron chi connectivity index (χ2n) is 4.70. The fourth-order valence-corrected chi connectivity index (χ4v) is 2.90. The number of benzene rings is 1. The van der Waals surface area contributed by atoms with Crippen LogP contribution in [0.4, 0.5) is 0 Å². The van der Waals surface area contributed by atoms with Crippen molar-refractivity contribution in [3.05, 3.63) is 50.2 Å². The van der Waals surface area contributed by atoms with Gasteiger partial charge in [-0.2, -0.15) is 4.99 Å². The van der Waals surface area contributed by atoms with Crippen molar-refractivity contribution in [1.82, 2.24) is 5.32 Å². The first-order valence-corrected chi connectivity index (χ1v) is 8.06. The van der Waals surface area contributed by atoms with Crippen LogP contribution in [0.1, 0.15) is 5.56 Å². The van der Waals surface area contributed by atoms with Gasteiger partial charge in [-0.25, -0.2) is 4.99 Å². The maximum Gasteiger partial charge on any atom is 0.260 e. The summed E-state index contributed by atoms with van der Waals surface area (Å²) in [7, 11) is 1.59. The number of amidine groups is 2. The van der Waals surface area contributed by atoms with Gasteiger partial charge in [0.1, 0.15) is 5.03 Å². The lowest BCUT2D eigenvalue weighted by atomic mass is 10.2. The Morgan fingerprint density at radius 2 is 2.00 bits per heavy atom. The third-order valence-corrected chi connectivity index (χ3v) is 4.43. The van der Waals surface area contributed by atoms with E-state index in [9.17, 15) is 5.21 Å². The summed E-state index contributed by atoms with van der Waals surface area (Å²) >= 11 is 4.95. The number of fused-ring (bicyclic) bond motifs is 1. The predicted molar refractivity (Wildman–Crippen MR) is 86.2 cm³/mol. The molecule has 0 radical (unpaired) electrons. The van der Waals surface area contributed by atoms with E-state index in [2.05, 4.69) is 31.2 Å². The minimum absolute atomic E-state index is 0.279. The van der Waals surface area contributed by atoms with E-state index in [0.717, 1.165) is 15.1 Å². The van der Waals surface area contributed by atoms with E-state index in [1.807, 2.05) is 30.5 Å². The highest BCUT2D eigenvalue weighted by atomic mass is 79.9. The topological polar surface area (TPSA) is 59.8 Å². The van der Waals surface area contributed by atoms with Crippen LogP contribution < -0.4 is 5.32 Å². The number of aliphatic imine (C=N–C) groups is 2. The van der Waals surface area contributed by atoms with Gasteiger partial charge in [0.15, 0.2) is 18.2 Å². The number of likely N-dealkylation sites (N-methyl/N-ethyl adjacent to an activating group) is 1. The van der Waals surface area contributed by atoms with Gasteiger partial charge in [-0.1, -0.05) is 28.1 Å². The van der Waals surface area contributed by atoms with Gasteiger partial charge in [0.05, 0.1) is 7.05 Å². The van der Waals surface area contributed by atoms with Gasteiger partial charge in [-0.3, -0.25) is 4.65 Å². The standard InChI is InChI=1S/C13H13BrN4OS/c1-18(19)7-15-13(20-2)10-12(18)17-11(16-10)8-3-5-9(14)6-4-8/h3-6,15H,7H2,1-2H3. The molecule has 0 fully saturated rings. The molecule has 0 aromatic heterocycles. The summed E-state index contributed by atoms with van der Waals surface area (Å²) in [6.07, 6.45) is 1.96. The highest BCUT2D eigenvalue weighted by Gasteiger charge is 2.36. The Morgan fingerprint density at radius 3 is 2.65 bits per heavy atom. The molecule has 7 heteroatoms. The van der Waals surface area contributed by atoms with Crippen LogP contribution in [0.25, 0.3) is 0 Å². The summed E-state index contributed by atoms with van der Waals surface area (Å²) in [5.74, 6) is 1.07. The van der Waals surface area contributed by atoms with Crippen LogP contribution in [0.15, 0.2) is 49.4 Å². The van der Waals surface area contributed by atoms with Crippen molar-refractivity contribution in [2.45, 2.75) is 0 Å². The molecule has 0 saturated heterocycles. The average molecular weight is 353 g/mol. The number of hydroxylamine groups is 3. The molecule has 0 aliphatic carbocycles. The zero-order valence-electron chi connectivity index (χ0n) is 11.1. The molecular weight excluding hydrogens is 340 g/mol. The van der Waals surface area contributed by atoms with Crippen LogP contribution in [0, 0.1) is 5.21 Å². The highest BCUT2D eigenvalue weighted by Crippen LogP contribution is 2.29. The SMILES string of the molecule is CSC1=C2N=C(c3ccc(Br)cc3)N=C2[N+](C)([O-])CN1. The molecule has 20 heavy (non-hydrogen) atoms. The van der Waals surface area contributed by atoms with E-state index in [1.54, 1.807) is 18.8 Å². The van der Waals surface area contributed by atoms with Crippen LogP contribution in [-0.2, 0) is 0 Å². The van der Waals surface area contributed by atoms with Crippen molar-refractivity contribution in [2.75, 3.05) is 20.0 Å². The van der Waals surface area contributed by atoms with Gasteiger partial charge in [0.2, 0.25) is 0 Å². The zero-order chi connectivity index (χ0) is 14.3. The quantitative estimate of drug-likeness (QED) is 0.657. The lowest BCUT2D eigenvalue weighted by Crippen LogP contribution is -2.53. The van der Waals surface area contributed by atoms with Gasteiger partial charge >= 0.3 is 0 Å². The molecule has 104 valence electrons. The lowest BCUT2D eigenvalue weighted by molar-refractivity contribution is -0.770. The Labute approximate surface area is 129 Å². The van der Waals surface area contributed by atoms with Crippen molar-refractivity contribution in [3.8, 4) is 0 Å². The fourth-order valence-electron chi connectivity index (χ4n) is 2.09. The molecule has 1 N–H and O–H groups in total. The van der Waals surface area contributed by atoms with Crippen molar-refractivity contribution in [3.63, 3.8) is 0 Å². The number of quaternary nitrogens is 1. The minimum Gasteiger partial charge on any atom is -0.625 e. The maximum absolute atomic E-state index is 12.4. The first kappa shape index (κ1) is 13.8. The van der Waals surface area contributed by atoms with Crippen LogP contribution in [0.3, 0.4) is 0 Å². The van der Waals surface area contributed by atoms with Crippen molar-refractivity contribution >= 4 is 39.4 Å². The molecule has 0 spiro atoms. The van der Waals surface area contributed by atoms with Gasteiger partial charge in [0, 0.05) is 10.0 Å². The minimum atomic E-state index is -0.553. The lowest BCUT2D eigenvalue weighted by Gasteiger charge is -2.40. The molecule has 5 nitrogen and oxygen atoms in total. The number of nitrogens with one attached hydrogen (secondary N) is 1. The molecule has 0 saturated carbocycles. The molecular formula is C13H13BrN4OS. The number of nitrogens with zero attached hydrogens (tertiary/aromatic N) is 3. The van der Waals surface area contributed by atoms with E-state index in [0.29, 0.717) is 17.4 Å². The molecule has 2 heterocycles. The van der Waals surface area contributed by atoms with E-state index >= 15 is 0 Å². The number of rotatable bonds is 2. The summed E-state index contributed by atoms with van der Waals surface area (Å²) in [6.45, 7) is 0.279. The fraction of sp³-hybridized carbons (Fsp3) is 0.231. The number of hydrogen-bond donors (Lipinski definition) is 1. The Hall–Kier alpha value is -1.15. The van der Waals surface area contributed by atoms with Gasteiger partial charge in [-0.05, 0) is 18.4 Å². The molecule has 3 rings (SSSR count). The monoisotopic (exact) mass is 352 g/mol. The van der Waals surface area contributed by atoms with Crippen LogP contribution in [0.5, 0.6) is 0 Å². The van der Waals surface area contributed by atoms with E-state index in [-0.39, 0.29) is 6.67 Å². The van der Waals surface area contributed by atoms with Crippen molar-refractivity contribution in [1.29, 1.82) is 0 Å². The number of halogens is 1. The molecule has 1 aromatic carbocycles. The van der Waals surface area contributed by atoms with E-state index in [1.165, 1.54) is 0 Å². The Morgan fingerprint density at radius 1 is 1.30 bits per heavy atom. The molecule has 0 amide bonds. The number of hydrogen-bond acceptors (Lipinski definition) is 5. The number of thioether (sulfide) groups is 1. The smallest absolute Gasteiger partial charge is 0.260 e. The Balaban J connectivity index is 2.08. The Bertz CT molecular complexity index is 649. The third kappa shape index (κ3) is 2.31. The van der Waals surface area contributed by atoms with Crippen molar-refractivity contribution in [2.24, 2.45) is 9.98 Å². The second kappa shape index (κ2) is 5.00. The molecule has 1 unspecified atom stereocenters. The first-order chi connectivity index (χ1) is 9.51. The van der Waals surface area contributed by atoms with Crippen LogP contribution in [0.2, 0.25) is 0 Å². The third-order valence-electron chi connectivity index (χ3n) is 3.15. The maximum atomic E-state index is 12.4. The van der Waals surface area contributed by atoms with Gasteiger partial charge in [0.25, 0.3) is 5.84 Å². The normalized spacial score (nSPS) is 25.0. The highest BCUT2D eigenvalue weighted by molar-refractivity contribution is 9.10. The summed E-state index contributed by atoms with van der Waals surface area (Å²) in [4.78, 5) is 9.00. The molecule has 2 aliphatic rings. The summed E-state index contributed by atoms with van der Waals surface area (Å²) < 4.78 is 0.447. The molecule has 0 bridgehead atoms. The summed E-state index contributed by atoms with van der Waals surface area (Å²) in [6, 6.07) is 7.75. The zero-order valence-corrected chi connectivity index (χ0v) is 13.5. The summed E-state index contributed by atoms with van der Waals surface area (Å²) in [5, 5.41) is 16.5. The van der Waals surface area contributed by atoms with Gasteiger partial charge in [-0.15, -0.1) is 11.8 Å². The van der Waals surface area contributed by atoms with E-state index in [4.69, 9.17) is 0 Å². The first-order valence-electron chi connectivity index (χ1n) is 6.04. The van der Waals surface area contributed by atoms with Gasteiger partial charge < -0.3 is 10.5 Å². The second-order valence-corrected chi connectivity index (χ2v) is 6.43. The van der Waals surface area contributed by atoms with Crippen molar-refractivity contribution < 1.29 is 4.65 Å². The average Bonchev–Trinajstić information content (AvgIpc) is 2.86. The predicted octanol–water partition coefficient (Wildman–Crippen LogP) is 2.65.